The molecule has 2 aliphatic heterocycles. The summed E-state index contributed by atoms with van der Waals surface area (Å²) in [6, 6.07) is 12.2. The smallest absolute Gasteiger partial charge is 0.175 e. The summed E-state index contributed by atoms with van der Waals surface area (Å²) in [4.78, 5) is 9.46. The van der Waals surface area contributed by atoms with Gasteiger partial charge >= 0.3 is 0 Å². The predicted octanol–water partition coefficient (Wildman–Crippen LogP) is 3.98. The monoisotopic (exact) mass is 481 g/mol. The van der Waals surface area contributed by atoms with Crippen LogP contribution in [0.3, 0.4) is 0 Å². The van der Waals surface area contributed by atoms with Gasteiger partial charge in [0.2, 0.25) is 0 Å². The van der Waals surface area contributed by atoms with Crippen LogP contribution in [0.4, 0.5) is 0 Å². The number of benzene rings is 1. The maximum atomic E-state index is 12.1. The Kier molecular flexibility index (Phi) is 7.72. The van der Waals surface area contributed by atoms with Gasteiger partial charge in [-0.2, -0.15) is 0 Å². The Morgan fingerprint density at radius 1 is 0.935 bits per heavy atom. The zero-order valence-electron chi connectivity index (χ0n) is 18.2. The van der Waals surface area contributed by atoms with Crippen LogP contribution >= 0.6 is 22.9 Å². The van der Waals surface area contributed by atoms with E-state index in [9.17, 15) is 8.42 Å². The van der Waals surface area contributed by atoms with Crippen molar-refractivity contribution in [2.24, 2.45) is 0 Å². The van der Waals surface area contributed by atoms with E-state index in [0.717, 1.165) is 62.0 Å². The summed E-state index contributed by atoms with van der Waals surface area (Å²) in [5.74, 6) is 0. The number of halogens is 1. The number of sulfone groups is 1. The Labute approximate surface area is 195 Å². The van der Waals surface area contributed by atoms with Crippen molar-refractivity contribution in [1.29, 1.82) is 0 Å². The summed E-state index contributed by atoms with van der Waals surface area (Å²) in [5.41, 5.74) is 0.919. The molecule has 31 heavy (non-hydrogen) atoms. The van der Waals surface area contributed by atoms with Crippen molar-refractivity contribution in [3.05, 3.63) is 51.2 Å². The maximum absolute atomic E-state index is 12.1. The van der Waals surface area contributed by atoms with Crippen LogP contribution in [0.1, 0.15) is 29.7 Å². The summed E-state index contributed by atoms with van der Waals surface area (Å²) >= 11 is 7.77. The van der Waals surface area contributed by atoms with Crippen molar-refractivity contribution in [2.75, 3.05) is 45.5 Å². The molecule has 0 saturated carbocycles. The lowest BCUT2D eigenvalue weighted by Gasteiger charge is -2.38. The standard InChI is InChI=1S/C23H32ClN3O2S2/c1-31(28,29)22-6-3-2-5-19(22)17-26-13-9-20(10-14-26)27-12-4-11-25(15-16-27)18-21-7-8-23(24)30-21/h2-3,5-8,20H,4,9-18H2,1H3. The van der Waals surface area contributed by atoms with Crippen LogP contribution in [0, 0.1) is 0 Å². The first-order valence-corrected chi connectivity index (χ1v) is 14.2. The zero-order chi connectivity index (χ0) is 21.8. The molecule has 1 aromatic carbocycles. The van der Waals surface area contributed by atoms with Crippen LogP contribution in [0.15, 0.2) is 41.3 Å². The van der Waals surface area contributed by atoms with Crippen LogP contribution in [-0.2, 0) is 22.9 Å². The Hall–Kier alpha value is -0.960. The van der Waals surface area contributed by atoms with Crippen molar-refractivity contribution >= 4 is 32.8 Å². The van der Waals surface area contributed by atoms with Gasteiger partial charge < -0.3 is 0 Å². The summed E-state index contributed by atoms with van der Waals surface area (Å²) in [6.45, 7) is 8.32. The third kappa shape index (κ3) is 6.30. The molecule has 0 unspecified atom stereocenters. The van der Waals surface area contributed by atoms with Gasteiger partial charge in [-0.1, -0.05) is 29.8 Å². The fourth-order valence-corrected chi connectivity index (χ4v) is 6.92. The lowest BCUT2D eigenvalue weighted by Crippen LogP contribution is -2.46. The molecule has 2 fully saturated rings. The van der Waals surface area contributed by atoms with Gasteiger partial charge in [0, 0.05) is 43.4 Å². The fourth-order valence-electron chi connectivity index (χ4n) is 4.85. The number of hydrogen-bond acceptors (Lipinski definition) is 6. The molecule has 4 rings (SSSR count). The average Bonchev–Trinajstić information content (AvgIpc) is 3.00. The number of thiophene rings is 1. The molecular formula is C23H32ClN3O2S2. The van der Waals surface area contributed by atoms with Crippen molar-refractivity contribution < 1.29 is 8.42 Å². The van der Waals surface area contributed by atoms with E-state index in [1.54, 1.807) is 17.4 Å². The third-order valence-electron chi connectivity index (χ3n) is 6.47. The molecule has 2 saturated heterocycles. The molecule has 0 bridgehead atoms. The molecule has 0 amide bonds. The molecule has 2 aromatic rings. The Morgan fingerprint density at radius 3 is 2.39 bits per heavy atom. The molecule has 0 atom stereocenters. The molecule has 170 valence electrons. The summed E-state index contributed by atoms with van der Waals surface area (Å²) in [6.07, 6.45) is 4.82. The lowest BCUT2D eigenvalue weighted by molar-refractivity contribution is 0.106. The van der Waals surface area contributed by atoms with Gasteiger partial charge in [-0.15, -0.1) is 11.3 Å². The van der Waals surface area contributed by atoms with Gasteiger partial charge in [-0.25, -0.2) is 8.42 Å². The topological polar surface area (TPSA) is 43.9 Å². The van der Waals surface area contributed by atoms with E-state index in [2.05, 4.69) is 20.8 Å². The van der Waals surface area contributed by atoms with Crippen LogP contribution in [0.2, 0.25) is 4.34 Å². The lowest BCUT2D eigenvalue weighted by atomic mass is 10.0. The highest BCUT2D eigenvalue weighted by molar-refractivity contribution is 7.90. The number of likely N-dealkylation sites (tertiary alicyclic amines) is 1. The van der Waals surface area contributed by atoms with Crippen molar-refractivity contribution in [3.63, 3.8) is 0 Å². The third-order valence-corrected chi connectivity index (χ3v) is 8.88. The van der Waals surface area contributed by atoms with Crippen LogP contribution in [0.5, 0.6) is 0 Å². The quantitative estimate of drug-likeness (QED) is 0.624. The van der Waals surface area contributed by atoms with Crippen molar-refractivity contribution in [1.82, 2.24) is 14.7 Å². The van der Waals surface area contributed by atoms with E-state index in [1.807, 2.05) is 24.3 Å². The van der Waals surface area contributed by atoms with Crippen molar-refractivity contribution in [2.45, 2.75) is 43.3 Å². The normalized spacial score (nSPS) is 20.7. The second-order valence-electron chi connectivity index (χ2n) is 8.76. The predicted molar refractivity (Wildman–Crippen MR) is 129 cm³/mol. The van der Waals surface area contributed by atoms with Gasteiger partial charge in [0.05, 0.1) is 9.23 Å². The number of nitrogens with zero attached hydrogens (tertiary/aromatic N) is 3. The SMILES string of the molecule is CS(=O)(=O)c1ccccc1CN1CCC(N2CCCN(Cc3ccc(Cl)s3)CC2)CC1. The maximum Gasteiger partial charge on any atom is 0.175 e. The van der Waals surface area contributed by atoms with Gasteiger partial charge in [-0.05, 0) is 69.2 Å². The zero-order valence-corrected chi connectivity index (χ0v) is 20.6. The van der Waals surface area contributed by atoms with Crippen LogP contribution in [0.25, 0.3) is 0 Å². The van der Waals surface area contributed by atoms with Gasteiger partial charge in [-0.3, -0.25) is 14.7 Å². The number of rotatable bonds is 6. The average molecular weight is 482 g/mol. The second-order valence-corrected chi connectivity index (χ2v) is 12.5. The molecule has 0 radical (unpaired) electrons. The highest BCUT2D eigenvalue weighted by Gasteiger charge is 2.27. The molecule has 8 heteroatoms. The highest BCUT2D eigenvalue weighted by Crippen LogP contribution is 2.25. The molecular weight excluding hydrogens is 450 g/mol. The fraction of sp³-hybridized carbons (Fsp3) is 0.565. The summed E-state index contributed by atoms with van der Waals surface area (Å²) in [5, 5.41) is 0. The van der Waals surface area contributed by atoms with E-state index < -0.39 is 9.84 Å². The molecule has 0 N–H and O–H groups in total. The van der Waals surface area contributed by atoms with Gasteiger partial charge in [0.1, 0.15) is 0 Å². The molecule has 0 aliphatic carbocycles. The Morgan fingerprint density at radius 2 is 1.68 bits per heavy atom. The summed E-state index contributed by atoms with van der Waals surface area (Å²) in [7, 11) is -3.19. The number of piperidine rings is 1. The van der Waals surface area contributed by atoms with Crippen LogP contribution < -0.4 is 0 Å². The minimum atomic E-state index is -3.19. The van der Waals surface area contributed by atoms with E-state index in [-0.39, 0.29) is 0 Å². The minimum Gasteiger partial charge on any atom is -0.299 e. The van der Waals surface area contributed by atoms with Gasteiger partial charge in [0.25, 0.3) is 0 Å². The second kappa shape index (κ2) is 10.3. The van der Waals surface area contributed by atoms with Crippen molar-refractivity contribution in [3.8, 4) is 0 Å². The van der Waals surface area contributed by atoms with Crippen LogP contribution in [-0.4, -0.2) is 74.7 Å². The highest BCUT2D eigenvalue weighted by atomic mass is 35.5. The largest absolute Gasteiger partial charge is 0.299 e. The van der Waals surface area contributed by atoms with E-state index in [4.69, 9.17) is 11.6 Å². The van der Waals surface area contributed by atoms with Gasteiger partial charge in [0.15, 0.2) is 9.84 Å². The summed E-state index contributed by atoms with van der Waals surface area (Å²) < 4.78 is 25.1. The Balaban J connectivity index is 1.27. The first-order chi connectivity index (χ1) is 14.9. The molecule has 2 aliphatic rings. The van der Waals surface area contributed by atoms with E-state index in [1.165, 1.54) is 24.1 Å². The number of hydrogen-bond donors (Lipinski definition) is 0. The molecule has 0 spiro atoms. The van der Waals surface area contributed by atoms with E-state index >= 15 is 0 Å². The molecule has 1 aromatic heterocycles. The first-order valence-electron chi connectivity index (χ1n) is 11.1. The minimum absolute atomic E-state index is 0.469. The molecule has 3 heterocycles. The van der Waals surface area contributed by atoms with E-state index in [0.29, 0.717) is 17.5 Å². The first kappa shape index (κ1) is 23.2. The Bertz CT molecular complexity index is 971. The molecule has 5 nitrogen and oxygen atoms in total.